The molecule has 4 nitrogen and oxygen atoms in total. The predicted molar refractivity (Wildman–Crippen MR) is 75.5 cm³/mol. The van der Waals surface area contributed by atoms with E-state index in [-0.39, 0.29) is 0 Å². The Morgan fingerprint density at radius 1 is 1.22 bits per heavy atom. The molecule has 0 saturated heterocycles. The second kappa shape index (κ2) is 4.56. The highest BCUT2D eigenvalue weighted by atomic mass is 32.2. The number of fused-ring (bicyclic) bond motifs is 1. The van der Waals surface area contributed by atoms with Crippen molar-refractivity contribution in [2.75, 3.05) is 4.31 Å². The first-order valence-electron chi connectivity index (χ1n) is 5.28. The Morgan fingerprint density at radius 3 is 2.83 bits per heavy atom. The molecule has 2 heterocycles. The molecule has 0 aliphatic rings. The van der Waals surface area contributed by atoms with Gasteiger partial charge >= 0.3 is 0 Å². The molecule has 2 N–H and O–H groups in total. The number of anilines is 2. The molecular weight excluding hydrogens is 268 g/mol. The largest absolute Gasteiger partial charge is 0.361 e. The Morgan fingerprint density at radius 2 is 2.11 bits per heavy atom. The average molecular weight is 278 g/mol. The van der Waals surface area contributed by atoms with Crippen LogP contribution in [-0.4, -0.2) is 13.7 Å². The van der Waals surface area contributed by atoms with Crippen molar-refractivity contribution in [1.29, 1.82) is 0 Å². The van der Waals surface area contributed by atoms with Crippen molar-refractivity contribution in [3.63, 3.8) is 0 Å². The predicted octanol–water partition coefficient (Wildman–Crippen LogP) is 3.50. The van der Waals surface area contributed by atoms with Crippen LogP contribution in [0.3, 0.4) is 0 Å². The third-order valence-electron chi connectivity index (χ3n) is 2.65. The van der Waals surface area contributed by atoms with E-state index in [4.69, 9.17) is 0 Å². The molecule has 0 radical (unpaired) electrons. The van der Waals surface area contributed by atoms with Crippen LogP contribution in [0.25, 0.3) is 10.9 Å². The minimum Gasteiger partial charge on any atom is -0.361 e. The van der Waals surface area contributed by atoms with Gasteiger partial charge in [-0.2, -0.15) is 0 Å². The van der Waals surface area contributed by atoms with Gasteiger partial charge in [0.15, 0.2) is 0 Å². The van der Waals surface area contributed by atoms with E-state index in [1.807, 2.05) is 48.0 Å². The third kappa shape index (κ3) is 1.84. The van der Waals surface area contributed by atoms with Crippen LogP contribution >= 0.6 is 11.3 Å². The van der Waals surface area contributed by atoms with Crippen LogP contribution in [0.1, 0.15) is 0 Å². The monoisotopic (exact) mass is 278 g/mol. The fourth-order valence-corrected chi connectivity index (χ4v) is 3.42. The van der Waals surface area contributed by atoms with E-state index >= 15 is 0 Å². The zero-order chi connectivity index (χ0) is 12.5. The summed E-state index contributed by atoms with van der Waals surface area (Å²) in [7, 11) is 0. The maximum Gasteiger partial charge on any atom is 0.267 e. The molecule has 92 valence electrons. The molecule has 1 unspecified atom stereocenters. The fourth-order valence-electron chi connectivity index (χ4n) is 1.91. The van der Waals surface area contributed by atoms with Crippen LogP contribution in [-0.2, 0) is 11.3 Å². The van der Waals surface area contributed by atoms with Gasteiger partial charge in [0.2, 0.25) is 0 Å². The molecule has 6 heteroatoms. The molecule has 3 rings (SSSR count). The van der Waals surface area contributed by atoms with Crippen LogP contribution < -0.4 is 4.31 Å². The normalized spacial score (nSPS) is 12.7. The lowest BCUT2D eigenvalue weighted by molar-refractivity contribution is 0.565. The number of nitrogens with one attached hydrogen (secondary N) is 1. The summed E-state index contributed by atoms with van der Waals surface area (Å²) in [5.41, 5.74) is 1.66. The molecule has 0 spiro atoms. The van der Waals surface area contributed by atoms with E-state index in [0.717, 1.165) is 21.6 Å². The van der Waals surface area contributed by atoms with Gasteiger partial charge in [-0.1, -0.05) is 6.07 Å². The molecular formula is C12H10N2O2S2. The number of rotatable bonds is 3. The summed E-state index contributed by atoms with van der Waals surface area (Å²) in [6.45, 7) is 0. The molecule has 0 bridgehead atoms. The van der Waals surface area contributed by atoms with E-state index in [1.54, 1.807) is 0 Å². The van der Waals surface area contributed by atoms with E-state index in [9.17, 15) is 8.76 Å². The van der Waals surface area contributed by atoms with Crippen molar-refractivity contribution >= 4 is 44.2 Å². The molecule has 1 atom stereocenters. The minimum absolute atomic E-state index is 0.719. The first kappa shape index (κ1) is 11.5. The summed E-state index contributed by atoms with van der Waals surface area (Å²) in [5, 5.41) is 3.55. The van der Waals surface area contributed by atoms with Crippen LogP contribution in [0.15, 0.2) is 48.0 Å². The Balaban J connectivity index is 2.22. The maximum atomic E-state index is 11.6. The van der Waals surface area contributed by atoms with Gasteiger partial charge in [0.05, 0.1) is 5.69 Å². The Labute approximate surface area is 110 Å². The van der Waals surface area contributed by atoms with E-state index < -0.39 is 11.3 Å². The van der Waals surface area contributed by atoms with Gasteiger partial charge in [0.25, 0.3) is 11.3 Å². The Hall–Kier alpha value is -1.63. The second-order valence-corrected chi connectivity index (χ2v) is 5.45. The molecule has 0 aliphatic carbocycles. The number of hydrogen-bond donors (Lipinski definition) is 2. The fraction of sp³-hybridized carbons (Fsp3) is 0. The Kier molecular flexibility index (Phi) is 2.91. The van der Waals surface area contributed by atoms with Crippen LogP contribution in [0.5, 0.6) is 0 Å². The first-order chi connectivity index (χ1) is 8.77. The van der Waals surface area contributed by atoms with Gasteiger partial charge in [0.1, 0.15) is 5.00 Å². The van der Waals surface area contributed by atoms with Gasteiger partial charge in [-0.15, -0.1) is 11.3 Å². The molecule has 0 saturated carbocycles. The van der Waals surface area contributed by atoms with Gasteiger partial charge in [-0.05, 0) is 35.7 Å². The number of nitrogens with zero attached hydrogens (tertiary/aromatic N) is 1. The standard InChI is InChI=1S/C12H10N2O2S2/c15-18(16)14(12-5-2-8-17-12)11-4-1-3-10-9(11)6-7-13-10/h1-8,13H,(H,15,16). The molecule has 0 fully saturated rings. The van der Waals surface area contributed by atoms with Crippen molar-refractivity contribution < 1.29 is 8.76 Å². The van der Waals surface area contributed by atoms with Crippen LogP contribution in [0.4, 0.5) is 10.7 Å². The molecule has 0 aliphatic heterocycles. The zero-order valence-electron chi connectivity index (χ0n) is 9.24. The first-order valence-corrected chi connectivity index (χ1v) is 7.22. The number of H-pyrrole nitrogens is 1. The van der Waals surface area contributed by atoms with Crippen LogP contribution in [0, 0.1) is 0 Å². The smallest absolute Gasteiger partial charge is 0.267 e. The quantitative estimate of drug-likeness (QED) is 0.720. The van der Waals surface area contributed by atoms with Gasteiger partial charge in [0, 0.05) is 17.1 Å². The van der Waals surface area contributed by atoms with E-state index in [1.165, 1.54) is 15.6 Å². The van der Waals surface area contributed by atoms with Gasteiger partial charge in [-0.3, -0.25) is 4.55 Å². The highest BCUT2D eigenvalue weighted by molar-refractivity contribution is 7.81. The highest BCUT2D eigenvalue weighted by Gasteiger charge is 2.18. The van der Waals surface area contributed by atoms with E-state index in [0.29, 0.717) is 0 Å². The number of aromatic amines is 1. The Bertz CT molecular complexity index is 691. The minimum atomic E-state index is -2.09. The topological polar surface area (TPSA) is 56.3 Å². The lowest BCUT2D eigenvalue weighted by Crippen LogP contribution is -2.18. The maximum absolute atomic E-state index is 11.6. The molecule has 3 aromatic rings. The summed E-state index contributed by atoms with van der Waals surface area (Å²) in [4.78, 5) is 3.10. The second-order valence-electron chi connectivity index (χ2n) is 3.69. The van der Waals surface area contributed by atoms with Crippen molar-refractivity contribution in [2.45, 2.75) is 0 Å². The summed E-state index contributed by atoms with van der Waals surface area (Å²) in [6.07, 6.45) is 1.82. The van der Waals surface area contributed by atoms with Gasteiger partial charge < -0.3 is 4.98 Å². The van der Waals surface area contributed by atoms with Crippen molar-refractivity contribution in [3.8, 4) is 0 Å². The highest BCUT2D eigenvalue weighted by Crippen LogP contribution is 2.35. The van der Waals surface area contributed by atoms with Crippen molar-refractivity contribution in [1.82, 2.24) is 4.98 Å². The van der Waals surface area contributed by atoms with E-state index in [2.05, 4.69) is 4.98 Å². The van der Waals surface area contributed by atoms with Crippen LogP contribution in [0.2, 0.25) is 0 Å². The SMILES string of the molecule is O=S(O)N(c1cccs1)c1cccc2[nH]ccc12. The van der Waals surface area contributed by atoms with Crippen molar-refractivity contribution in [3.05, 3.63) is 48.0 Å². The summed E-state index contributed by atoms with van der Waals surface area (Å²) in [6, 6.07) is 11.2. The number of benzene rings is 1. The lowest BCUT2D eigenvalue weighted by atomic mass is 10.2. The number of aromatic nitrogens is 1. The summed E-state index contributed by atoms with van der Waals surface area (Å²) < 4.78 is 22.5. The lowest BCUT2D eigenvalue weighted by Gasteiger charge is -2.18. The zero-order valence-corrected chi connectivity index (χ0v) is 10.9. The third-order valence-corrected chi connectivity index (χ3v) is 4.33. The number of thiophene rings is 1. The summed E-state index contributed by atoms with van der Waals surface area (Å²) >= 11 is -0.666. The van der Waals surface area contributed by atoms with Gasteiger partial charge in [-0.25, -0.2) is 8.51 Å². The number of hydrogen-bond acceptors (Lipinski definition) is 2. The molecule has 0 amide bonds. The molecule has 1 aromatic carbocycles. The molecule has 2 aromatic heterocycles. The molecule has 18 heavy (non-hydrogen) atoms. The summed E-state index contributed by atoms with van der Waals surface area (Å²) in [5.74, 6) is 0. The average Bonchev–Trinajstić information content (AvgIpc) is 2.98. The van der Waals surface area contributed by atoms with Crippen molar-refractivity contribution in [2.24, 2.45) is 0 Å².